The Morgan fingerprint density at radius 2 is 1.24 bits per heavy atom. The predicted molar refractivity (Wildman–Crippen MR) is 283 cm³/mol. The molecule has 83 heavy (non-hydrogen) atoms. The van der Waals surface area contributed by atoms with Gasteiger partial charge in [-0.3, -0.25) is 0 Å². The summed E-state index contributed by atoms with van der Waals surface area (Å²) in [6, 6.07) is 0. The number of carbonyl (C=O) groups is 2. The maximum atomic E-state index is 13.4. The molecule has 9 rings (SSSR count). The van der Waals surface area contributed by atoms with E-state index in [1.165, 1.54) is 5.57 Å². The molecule has 0 aromatic heterocycles. The van der Waals surface area contributed by atoms with E-state index >= 15 is 0 Å². The molecule has 4 saturated heterocycles. The maximum Gasteiger partial charge on any atom is 0.335 e. The molecule has 0 aromatic rings. The number of esters is 1. The summed E-state index contributed by atoms with van der Waals surface area (Å²) in [6.45, 7) is 15.9. The van der Waals surface area contributed by atoms with Gasteiger partial charge in [0.1, 0.15) is 91.6 Å². The van der Waals surface area contributed by atoms with Crippen LogP contribution in [-0.4, -0.2) is 245 Å². The van der Waals surface area contributed by atoms with Crippen molar-refractivity contribution in [1.82, 2.24) is 0 Å². The minimum Gasteiger partial charge on any atom is -0.479 e. The number of ether oxygens (including phenoxy) is 9. The number of carbonyl (C=O) groups excluding carboxylic acids is 1. The van der Waals surface area contributed by atoms with E-state index in [9.17, 15) is 81.1 Å². The van der Waals surface area contributed by atoms with Crippen LogP contribution in [0.1, 0.15) is 114 Å². The minimum absolute atomic E-state index is 0.0485. The molecule has 25 heteroatoms. The highest BCUT2D eigenvalue weighted by molar-refractivity contribution is 5.87. The highest BCUT2D eigenvalue weighted by Crippen LogP contribution is 2.76. The Hall–Kier alpha value is -2.42. The molecule has 474 valence electrons. The fourth-order valence-corrected chi connectivity index (χ4v) is 17.1. The average Bonchev–Trinajstić information content (AvgIpc) is 0.779. The summed E-state index contributed by atoms with van der Waals surface area (Å²) in [6.07, 6.45) is -30.5. The van der Waals surface area contributed by atoms with Crippen LogP contribution in [0.25, 0.3) is 0 Å². The van der Waals surface area contributed by atoms with Crippen LogP contribution < -0.4 is 0 Å². The molecular weight excluding hydrogens is 1100 g/mol. The lowest BCUT2D eigenvalue weighted by Gasteiger charge is -2.72. The normalized spacial score (nSPS) is 51.5. The van der Waals surface area contributed by atoms with Gasteiger partial charge < -0.3 is 114 Å². The lowest BCUT2D eigenvalue weighted by molar-refractivity contribution is -0.405. The number of allylic oxidation sites excluding steroid dienone is 3. The third-order valence-corrected chi connectivity index (χ3v) is 22.1. The first-order chi connectivity index (χ1) is 38.8. The summed E-state index contributed by atoms with van der Waals surface area (Å²) in [5, 5.41) is 154. The second-order valence-electron chi connectivity index (χ2n) is 27.5. The van der Waals surface area contributed by atoms with Gasteiger partial charge in [0.2, 0.25) is 0 Å². The Labute approximate surface area is 483 Å². The van der Waals surface area contributed by atoms with E-state index in [-0.39, 0.29) is 40.6 Å². The van der Waals surface area contributed by atoms with E-state index in [1.807, 2.05) is 13.8 Å². The van der Waals surface area contributed by atoms with E-state index in [0.29, 0.717) is 56.9 Å². The zero-order valence-electron chi connectivity index (χ0n) is 48.8. The van der Waals surface area contributed by atoms with E-state index in [2.05, 4.69) is 40.7 Å². The molecule has 0 amide bonds. The number of carboxylic acids is 1. The van der Waals surface area contributed by atoms with Gasteiger partial charge in [-0.25, -0.2) is 9.59 Å². The molecule has 0 bridgehead atoms. The van der Waals surface area contributed by atoms with Gasteiger partial charge in [-0.1, -0.05) is 66.2 Å². The van der Waals surface area contributed by atoms with Crippen LogP contribution in [0.3, 0.4) is 0 Å². The quantitative estimate of drug-likeness (QED) is 0.0413. The Balaban J connectivity index is 1.04. The van der Waals surface area contributed by atoms with Crippen molar-refractivity contribution in [1.29, 1.82) is 0 Å². The summed E-state index contributed by atoms with van der Waals surface area (Å²) < 4.78 is 55.0. The van der Waals surface area contributed by atoms with Crippen LogP contribution in [0.15, 0.2) is 23.3 Å². The number of aliphatic carboxylic acids is 1. The standard InChI is InChI=1S/C58H92O25/c1-10-24(2)48(74)78-34-19-53(3,4)17-26-25-11-12-31-55(7)15-14-33(54(5,6)30(55)13-16-56(31,8)57(25,9)18-32(63)58(26,34)23-61)79-52-46(83-50-41(70)38(67)36(65)28(20-59)76-50)43(42(71)44(81-52)47(72)73)80-51-45(39(68)37(66)29(21-60)77-51)82-49-40(69)35(64)27(62)22-75-49/h10-11,26-46,49-52,59-71H,12-23H2,1-9H3,(H,72,73)/t26-,27+,28+,29+,30-,31+,32+,33-,34-,35-,36+,37+,38-,39-,40+,41+,42-,43-,44-,45+,46+,49-,50-,51-,52+,55-,56+,57+,58-/m0/s1. The SMILES string of the molecule is CC=C(C)C(=O)O[C@H]1CC(C)(C)C[C@H]2C3=CC[C@@H]4[C@@]5(C)CC[C@H](O[C@@H]6O[C@H](C(=O)O)[C@@H](O)[C@H](O[C@@H]7O[C@H](CO)[C@@H](O)[C@H](O)[C@H]7O[C@@H]7OC[C@@H](O)[C@H](O)[C@H]7O)[C@H]6O[C@@H]6O[C@H](CO)[C@@H](O)[C@H](O)[C@H]6O)C(C)(C)[C@@H]5CC[C@@]4(C)[C@]3(C)C[C@@H](O)[C@@]12CO. The summed E-state index contributed by atoms with van der Waals surface area (Å²) >= 11 is 0. The van der Waals surface area contributed by atoms with E-state index < -0.39 is 183 Å². The molecule has 9 aliphatic rings. The van der Waals surface area contributed by atoms with Crippen molar-refractivity contribution in [3.63, 3.8) is 0 Å². The zero-order chi connectivity index (χ0) is 61.0. The number of rotatable bonds is 14. The lowest BCUT2D eigenvalue weighted by Crippen LogP contribution is -2.70. The molecule has 14 N–H and O–H groups in total. The number of aliphatic hydroxyl groups excluding tert-OH is 13. The minimum atomic E-state index is -2.26. The molecule has 4 heterocycles. The molecule has 0 unspecified atom stereocenters. The van der Waals surface area contributed by atoms with Crippen LogP contribution in [0.2, 0.25) is 0 Å². The molecule has 0 aromatic carbocycles. The predicted octanol–water partition coefficient (Wildman–Crippen LogP) is -1.37. The first-order valence-corrected chi connectivity index (χ1v) is 29.4. The third-order valence-electron chi connectivity index (χ3n) is 22.1. The summed E-state index contributed by atoms with van der Waals surface area (Å²) in [5.41, 5.74) is -1.93. The first-order valence-electron chi connectivity index (χ1n) is 29.4. The molecule has 4 aliphatic heterocycles. The highest BCUT2D eigenvalue weighted by Gasteiger charge is 2.72. The Morgan fingerprint density at radius 1 is 0.639 bits per heavy atom. The fourth-order valence-electron chi connectivity index (χ4n) is 17.1. The van der Waals surface area contributed by atoms with Crippen molar-refractivity contribution >= 4 is 11.9 Å². The van der Waals surface area contributed by atoms with Gasteiger partial charge in [0, 0.05) is 5.57 Å². The number of aliphatic hydroxyl groups is 13. The average molecular weight is 1190 g/mol. The van der Waals surface area contributed by atoms with Gasteiger partial charge >= 0.3 is 11.9 Å². The monoisotopic (exact) mass is 1190 g/mol. The van der Waals surface area contributed by atoms with Crippen molar-refractivity contribution in [2.75, 3.05) is 26.4 Å². The number of carboxylic acid groups (broad SMARTS) is 1. The topological polar surface area (TPSA) is 400 Å². The largest absolute Gasteiger partial charge is 0.479 e. The van der Waals surface area contributed by atoms with Crippen molar-refractivity contribution in [3.8, 4) is 0 Å². The van der Waals surface area contributed by atoms with Crippen molar-refractivity contribution < 1.29 is 124 Å². The summed E-state index contributed by atoms with van der Waals surface area (Å²) in [7, 11) is 0. The van der Waals surface area contributed by atoms with Gasteiger partial charge in [-0.05, 0) is 110 Å². The van der Waals surface area contributed by atoms with Crippen LogP contribution in [0, 0.1) is 50.2 Å². The molecule has 5 aliphatic carbocycles. The first kappa shape index (κ1) is 65.0. The maximum absolute atomic E-state index is 13.4. The number of fused-ring (bicyclic) bond motifs is 7. The van der Waals surface area contributed by atoms with Crippen molar-refractivity contribution in [2.24, 2.45) is 50.2 Å². The van der Waals surface area contributed by atoms with Crippen molar-refractivity contribution in [2.45, 2.75) is 249 Å². The second-order valence-corrected chi connectivity index (χ2v) is 27.5. The summed E-state index contributed by atoms with van der Waals surface area (Å²) in [5.74, 6) is -2.53. The molecule has 8 fully saturated rings. The number of hydrogen-bond donors (Lipinski definition) is 14. The highest BCUT2D eigenvalue weighted by atomic mass is 16.8. The van der Waals surface area contributed by atoms with Gasteiger partial charge in [0.05, 0.1) is 44.1 Å². The zero-order valence-corrected chi connectivity index (χ0v) is 48.8. The molecule has 0 spiro atoms. The lowest BCUT2D eigenvalue weighted by atomic mass is 9.33. The van der Waals surface area contributed by atoms with Gasteiger partial charge in [-0.2, -0.15) is 0 Å². The van der Waals surface area contributed by atoms with Gasteiger partial charge in [0.15, 0.2) is 31.3 Å². The molecule has 25 nitrogen and oxygen atoms in total. The van der Waals surface area contributed by atoms with E-state index in [4.69, 9.17) is 42.6 Å². The van der Waals surface area contributed by atoms with Crippen LogP contribution in [0.4, 0.5) is 0 Å². The van der Waals surface area contributed by atoms with E-state index in [1.54, 1.807) is 19.9 Å². The molecule has 0 radical (unpaired) electrons. The molecular formula is C58H92O25. The second kappa shape index (κ2) is 23.8. The third kappa shape index (κ3) is 10.8. The number of hydrogen-bond acceptors (Lipinski definition) is 24. The molecule has 4 saturated carbocycles. The van der Waals surface area contributed by atoms with Gasteiger partial charge in [-0.15, -0.1) is 0 Å². The molecule has 29 atom stereocenters. The van der Waals surface area contributed by atoms with Gasteiger partial charge in [0.25, 0.3) is 0 Å². The fraction of sp³-hybridized carbons (Fsp3) is 0.897. The van der Waals surface area contributed by atoms with Crippen molar-refractivity contribution in [3.05, 3.63) is 23.3 Å². The van der Waals surface area contributed by atoms with Crippen LogP contribution in [-0.2, 0) is 52.2 Å². The Kier molecular flexibility index (Phi) is 18.7. The van der Waals surface area contributed by atoms with Crippen LogP contribution in [0.5, 0.6) is 0 Å². The summed E-state index contributed by atoms with van der Waals surface area (Å²) in [4.78, 5) is 26.6. The smallest absolute Gasteiger partial charge is 0.335 e. The Bertz CT molecular complexity index is 2390. The Morgan fingerprint density at radius 3 is 1.87 bits per heavy atom. The van der Waals surface area contributed by atoms with Crippen LogP contribution >= 0.6 is 0 Å². The van der Waals surface area contributed by atoms with E-state index in [0.717, 1.165) is 0 Å².